The molecule has 0 radical (unpaired) electrons. The number of rotatable bonds is 8. The fraction of sp³-hybridized carbons (Fsp3) is 0.263. The molecule has 2 aromatic rings. The van der Waals surface area contributed by atoms with Gasteiger partial charge in [0, 0.05) is 19.8 Å². The quantitative estimate of drug-likeness (QED) is 0.607. The van der Waals surface area contributed by atoms with Gasteiger partial charge in [-0.15, -0.1) is 0 Å². The molecular formula is C19H21ClN2O7S. The number of methoxy groups -OCH3 is 2. The van der Waals surface area contributed by atoms with Gasteiger partial charge in [-0.25, -0.2) is 17.5 Å². The first-order valence-electron chi connectivity index (χ1n) is 8.51. The van der Waals surface area contributed by atoms with Crippen LogP contribution in [0.15, 0.2) is 41.3 Å². The number of nitrogens with one attached hydrogen (secondary N) is 1. The standard InChI is InChI=1S/C19H21ClN2O7S/c1-22(2)30(25,26)17-10-13(6-7-14(17)20)21-18(23)11-29-19(24)12-5-8-15(27-3)16(9-12)28-4/h5-10H,11H2,1-4H3,(H,21,23). The van der Waals surface area contributed by atoms with Gasteiger partial charge >= 0.3 is 5.97 Å². The number of hydrogen-bond acceptors (Lipinski definition) is 7. The minimum atomic E-state index is -3.80. The van der Waals surface area contributed by atoms with Gasteiger partial charge in [0.25, 0.3) is 5.91 Å². The van der Waals surface area contributed by atoms with Gasteiger partial charge in [-0.05, 0) is 36.4 Å². The highest BCUT2D eigenvalue weighted by atomic mass is 35.5. The molecule has 0 heterocycles. The second-order valence-electron chi connectivity index (χ2n) is 6.13. The molecule has 2 aromatic carbocycles. The minimum Gasteiger partial charge on any atom is -0.493 e. The van der Waals surface area contributed by atoms with E-state index >= 15 is 0 Å². The number of hydrogen-bond donors (Lipinski definition) is 1. The van der Waals surface area contributed by atoms with Gasteiger partial charge in [0.2, 0.25) is 10.0 Å². The van der Waals surface area contributed by atoms with E-state index in [1.165, 1.54) is 64.7 Å². The van der Waals surface area contributed by atoms with Gasteiger partial charge in [0.05, 0.1) is 24.8 Å². The number of carbonyl (C=O) groups is 2. The lowest BCUT2D eigenvalue weighted by atomic mass is 10.2. The van der Waals surface area contributed by atoms with E-state index in [9.17, 15) is 18.0 Å². The summed E-state index contributed by atoms with van der Waals surface area (Å²) in [6.45, 7) is -0.578. The molecule has 0 saturated heterocycles. The molecule has 162 valence electrons. The second-order valence-corrected chi connectivity index (χ2v) is 8.65. The van der Waals surface area contributed by atoms with Crippen molar-refractivity contribution >= 4 is 39.2 Å². The van der Waals surface area contributed by atoms with E-state index in [0.29, 0.717) is 11.5 Å². The third kappa shape index (κ3) is 5.41. The van der Waals surface area contributed by atoms with E-state index in [1.807, 2.05) is 0 Å². The Morgan fingerprint density at radius 2 is 1.70 bits per heavy atom. The molecule has 0 atom stereocenters. The summed E-state index contributed by atoms with van der Waals surface area (Å²) >= 11 is 5.97. The molecule has 30 heavy (non-hydrogen) atoms. The van der Waals surface area contributed by atoms with E-state index in [1.54, 1.807) is 0 Å². The molecule has 0 spiro atoms. The van der Waals surface area contributed by atoms with Crippen molar-refractivity contribution in [3.63, 3.8) is 0 Å². The zero-order valence-corrected chi connectivity index (χ0v) is 18.3. The van der Waals surface area contributed by atoms with Crippen molar-refractivity contribution < 1.29 is 32.2 Å². The lowest BCUT2D eigenvalue weighted by molar-refractivity contribution is -0.119. The highest BCUT2D eigenvalue weighted by Gasteiger charge is 2.21. The zero-order valence-electron chi connectivity index (χ0n) is 16.8. The minimum absolute atomic E-state index is 0.0154. The average Bonchev–Trinajstić information content (AvgIpc) is 2.72. The molecular weight excluding hydrogens is 436 g/mol. The predicted molar refractivity (Wildman–Crippen MR) is 111 cm³/mol. The van der Waals surface area contributed by atoms with E-state index in [-0.39, 0.29) is 21.2 Å². The van der Waals surface area contributed by atoms with Crippen molar-refractivity contribution in [3.05, 3.63) is 47.0 Å². The third-order valence-electron chi connectivity index (χ3n) is 3.93. The molecule has 0 aromatic heterocycles. The van der Waals surface area contributed by atoms with E-state index < -0.39 is 28.5 Å². The summed E-state index contributed by atoms with van der Waals surface area (Å²) in [6.07, 6.45) is 0. The number of benzene rings is 2. The Hall–Kier alpha value is -2.82. The van der Waals surface area contributed by atoms with Crippen molar-refractivity contribution in [1.29, 1.82) is 0 Å². The summed E-state index contributed by atoms with van der Waals surface area (Å²) in [6, 6.07) is 8.45. The van der Waals surface area contributed by atoms with Crippen LogP contribution in [0.25, 0.3) is 0 Å². The number of sulfonamides is 1. The summed E-state index contributed by atoms with van der Waals surface area (Å²) < 4.78 is 40.8. The van der Waals surface area contributed by atoms with Gasteiger partial charge in [0.15, 0.2) is 18.1 Å². The van der Waals surface area contributed by atoms with Crippen molar-refractivity contribution in [2.24, 2.45) is 0 Å². The van der Waals surface area contributed by atoms with Gasteiger partial charge in [-0.3, -0.25) is 4.79 Å². The normalized spacial score (nSPS) is 11.1. The number of ether oxygens (including phenoxy) is 3. The first-order chi connectivity index (χ1) is 14.1. The monoisotopic (exact) mass is 456 g/mol. The predicted octanol–water partition coefficient (Wildman–Crippen LogP) is 2.40. The molecule has 0 saturated carbocycles. The maximum atomic E-state index is 12.3. The SMILES string of the molecule is COc1ccc(C(=O)OCC(=O)Nc2ccc(Cl)c(S(=O)(=O)N(C)C)c2)cc1OC. The number of anilines is 1. The van der Waals surface area contributed by atoms with Crippen molar-refractivity contribution in [2.75, 3.05) is 40.2 Å². The van der Waals surface area contributed by atoms with Crippen LogP contribution < -0.4 is 14.8 Å². The Kier molecular flexibility index (Phi) is 7.65. The molecule has 9 nitrogen and oxygen atoms in total. The molecule has 0 aliphatic heterocycles. The molecule has 2 rings (SSSR count). The molecule has 0 aliphatic rings. The van der Waals surface area contributed by atoms with Gasteiger partial charge in [0.1, 0.15) is 4.90 Å². The summed E-state index contributed by atoms with van der Waals surface area (Å²) in [7, 11) is 1.83. The Labute approximate surface area is 179 Å². The molecule has 0 aliphatic carbocycles. The molecule has 1 N–H and O–H groups in total. The van der Waals surface area contributed by atoms with E-state index in [0.717, 1.165) is 4.31 Å². The lowest BCUT2D eigenvalue weighted by Crippen LogP contribution is -2.23. The Bertz CT molecular complexity index is 1050. The van der Waals surface area contributed by atoms with Crippen LogP contribution in [-0.2, 0) is 19.6 Å². The molecule has 0 bridgehead atoms. The summed E-state index contributed by atoms with van der Waals surface area (Å²) in [5.74, 6) is -0.609. The van der Waals surface area contributed by atoms with E-state index in [2.05, 4.69) is 5.32 Å². The maximum absolute atomic E-state index is 12.3. The number of nitrogens with zero attached hydrogens (tertiary/aromatic N) is 1. The third-order valence-corrected chi connectivity index (χ3v) is 6.22. The van der Waals surface area contributed by atoms with E-state index in [4.69, 9.17) is 25.8 Å². The van der Waals surface area contributed by atoms with Crippen LogP contribution in [0.3, 0.4) is 0 Å². The van der Waals surface area contributed by atoms with Crippen LogP contribution >= 0.6 is 11.6 Å². The summed E-state index contributed by atoms with van der Waals surface area (Å²) in [5.41, 5.74) is 0.360. The van der Waals surface area contributed by atoms with Crippen LogP contribution in [0.2, 0.25) is 5.02 Å². The number of amides is 1. The molecule has 1 amide bonds. The van der Waals surface area contributed by atoms with Crippen LogP contribution in [-0.4, -0.2) is 59.5 Å². The van der Waals surface area contributed by atoms with Gasteiger partial charge in [-0.1, -0.05) is 11.6 Å². The highest BCUT2D eigenvalue weighted by molar-refractivity contribution is 7.89. The van der Waals surface area contributed by atoms with Gasteiger partial charge in [-0.2, -0.15) is 0 Å². The first kappa shape index (κ1) is 23.5. The number of halogens is 1. The fourth-order valence-electron chi connectivity index (χ4n) is 2.35. The first-order valence-corrected chi connectivity index (χ1v) is 10.3. The largest absolute Gasteiger partial charge is 0.493 e. The molecule has 0 fully saturated rings. The maximum Gasteiger partial charge on any atom is 0.338 e. The number of esters is 1. The highest BCUT2D eigenvalue weighted by Crippen LogP contribution is 2.28. The molecule has 11 heteroatoms. The Morgan fingerprint density at radius 1 is 1.03 bits per heavy atom. The van der Waals surface area contributed by atoms with Crippen molar-refractivity contribution in [3.8, 4) is 11.5 Å². The summed E-state index contributed by atoms with van der Waals surface area (Å²) in [5, 5.41) is 2.48. The van der Waals surface area contributed by atoms with Crippen molar-refractivity contribution in [2.45, 2.75) is 4.90 Å². The summed E-state index contributed by atoms with van der Waals surface area (Å²) in [4.78, 5) is 24.1. The average molecular weight is 457 g/mol. The van der Waals surface area contributed by atoms with Crippen LogP contribution in [0.5, 0.6) is 11.5 Å². The molecule has 0 unspecified atom stereocenters. The number of carbonyl (C=O) groups excluding carboxylic acids is 2. The second kappa shape index (κ2) is 9.79. The topological polar surface area (TPSA) is 111 Å². The van der Waals surface area contributed by atoms with Crippen LogP contribution in [0.4, 0.5) is 5.69 Å². The Balaban J connectivity index is 2.06. The zero-order chi connectivity index (χ0) is 22.5. The van der Waals surface area contributed by atoms with Crippen molar-refractivity contribution in [1.82, 2.24) is 4.31 Å². The van der Waals surface area contributed by atoms with Crippen LogP contribution in [0.1, 0.15) is 10.4 Å². The Morgan fingerprint density at radius 3 is 2.30 bits per heavy atom. The smallest absolute Gasteiger partial charge is 0.338 e. The van der Waals surface area contributed by atoms with Crippen LogP contribution in [0, 0.1) is 0 Å². The lowest BCUT2D eigenvalue weighted by Gasteiger charge is -2.14. The van der Waals surface area contributed by atoms with Gasteiger partial charge < -0.3 is 19.5 Å². The fourth-order valence-corrected chi connectivity index (χ4v) is 3.74.